The number of carbonyl (C=O) groups excluding carboxylic acids is 2. The highest BCUT2D eigenvalue weighted by atomic mass is 16.6. The summed E-state index contributed by atoms with van der Waals surface area (Å²) in [5, 5.41) is 9.68. The molecule has 0 aromatic carbocycles. The maximum absolute atomic E-state index is 12.3. The van der Waals surface area contributed by atoms with Gasteiger partial charge >= 0.3 is 11.9 Å². The minimum atomic E-state index is -0.827. The first-order valence-electron chi connectivity index (χ1n) is 33.2. The Hall–Kier alpha value is -6.56. The summed E-state index contributed by atoms with van der Waals surface area (Å²) in [7, 11) is 0. The molecule has 0 aromatic rings. The Balaban J connectivity index is 3.75. The molecule has 0 aliphatic heterocycles. The molecule has 1 unspecified atom stereocenters. The summed E-state index contributed by atoms with van der Waals surface area (Å²) in [6.45, 7) is 3.84. The highest BCUT2D eigenvalue weighted by Crippen LogP contribution is 2.11. The van der Waals surface area contributed by atoms with Crippen molar-refractivity contribution in [1.82, 2.24) is 0 Å². The first kappa shape index (κ1) is 79.4. The number of hydrogen-bond acceptors (Lipinski definition) is 5. The van der Waals surface area contributed by atoms with Gasteiger partial charge in [-0.3, -0.25) is 9.59 Å². The van der Waals surface area contributed by atoms with Crippen molar-refractivity contribution < 1.29 is 24.2 Å². The van der Waals surface area contributed by atoms with Gasteiger partial charge in [-0.15, -0.1) is 0 Å². The van der Waals surface area contributed by atoms with Crippen LogP contribution in [0.1, 0.15) is 219 Å². The van der Waals surface area contributed by atoms with E-state index in [0.29, 0.717) is 12.8 Å². The molecule has 0 rings (SSSR count). The van der Waals surface area contributed by atoms with Gasteiger partial charge in [0.1, 0.15) is 6.61 Å². The quantitative estimate of drug-likeness (QED) is 0.0373. The summed E-state index contributed by atoms with van der Waals surface area (Å²) in [4.78, 5) is 24.6. The number of allylic oxidation sites excluding steroid dienone is 42. The Kier molecular flexibility index (Phi) is 67.2. The van der Waals surface area contributed by atoms with Crippen LogP contribution in [0.15, 0.2) is 255 Å². The molecule has 1 atom stereocenters. The fourth-order valence-electron chi connectivity index (χ4n) is 7.94. The van der Waals surface area contributed by atoms with Gasteiger partial charge in [0.15, 0.2) is 6.10 Å². The monoisotopic (exact) mass is 1170 g/mol. The molecule has 5 nitrogen and oxygen atoms in total. The molecular formula is C81H118O5. The van der Waals surface area contributed by atoms with E-state index >= 15 is 0 Å². The van der Waals surface area contributed by atoms with Gasteiger partial charge in [0.2, 0.25) is 0 Å². The molecule has 0 aliphatic rings. The Labute approximate surface area is 527 Å². The van der Waals surface area contributed by atoms with Gasteiger partial charge in [-0.05, 0) is 173 Å². The molecule has 0 aromatic heterocycles. The Morgan fingerprint density at radius 3 is 0.721 bits per heavy atom. The third kappa shape index (κ3) is 69.9. The number of hydrogen-bond donors (Lipinski definition) is 1. The van der Waals surface area contributed by atoms with Crippen molar-refractivity contribution in [2.75, 3.05) is 13.2 Å². The van der Waals surface area contributed by atoms with Crippen LogP contribution < -0.4 is 0 Å². The second-order valence-electron chi connectivity index (χ2n) is 20.7. The molecule has 0 aliphatic carbocycles. The smallest absolute Gasteiger partial charge is 0.306 e. The summed E-state index contributed by atoms with van der Waals surface area (Å²) in [5.74, 6) is -0.688. The number of unbranched alkanes of at least 4 members (excludes halogenated alkanes) is 7. The predicted octanol–water partition coefficient (Wildman–Crippen LogP) is 23.6. The van der Waals surface area contributed by atoms with Crippen molar-refractivity contribution in [3.05, 3.63) is 255 Å². The van der Waals surface area contributed by atoms with E-state index in [0.717, 1.165) is 186 Å². The van der Waals surface area contributed by atoms with Crippen LogP contribution in [0.5, 0.6) is 0 Å². The van der Waals surface area contributed by atoms with Crippen molar-refractivity contribution in [3.63, 3.8) is 0 Å². The van der Waals surface area contributed by atoms with E-state index in [1.165, 1.54) is 0 Å². The summed E-state index contributed by atoms with van der Waals surface area (Å²) < 4.78 is 10.7. The van der Waals surface area contributed by atoms with E-state index in [1.807, 2.05) is 0 Å². The summed E-state index contributed by atoms with van der Waals surface area (Å²) in [6.07, 6.45) is 123. The molecule has 0 amide bonds. The highest BCUT2D eigenvalue weighted by Gasteiger charge is 2.16. The second-order valence-corrected chi connectivity index (χ2v) is 20.7. The van der Waals surface area contributed by atoms with Crippen LogP contribution in [-0.4, -0.2) is 36.4 Å². The predicted molar refractivity (Wildman–Crippen MR) is 379 cm³/mol. The molecule has 0 radical (unpaired) electrons. The molecule has 5 heteroatoms. The Morgan fingerprint density at radius 1 is 0.267 bits per heavy atom. The van der Waals surface area contributed by atoms with Crippen molar-refractivity contribution in [2.24, 2.45) is 0 Å². The molecule has 472 valence electrons. The second kappa shape index (κ2) is 72.7. The zero-order chi connectivity index (χ0) is 61.9. The maximum atomic E-state index is 12.3. The van der Waals surface area contributed by atoms with Crippen LogP contribution in [-0.2, 0) is 19.1 Å². The van der Waals surface area contributed by atoms with Crippen molar-refractivity contribution in [2.45, 2.75) is 225 Å². The average molecular weight is 1170 g/mol. The van der Waals surface area contributed by atoms with Crippen molar-refractivity contribution in [1.29, 1.82) is 0 Å². The number of ether oxygens (including phenoxy) is 2. The number of esters is 2. The Bertz CT molecular complexity index is 2210. The summed E-state index contributed by atoms with van der Waals surface area (Å²) in [5.41, 5.74) is 0. The molecule has 0 spiro atoms. The van der Waals surface area contributed by atoms with Crippen LogP contribution in [0.2, 0.25) is 0 Å². The van der Waals surface area contributed by atoms with Crippen LogP contribution in [0.25, 0.3) is 0 Å². The van der Waals surface area contributed by atoms with Crippen LogP contribution in [0.3, 0.4) is 0 Å². The van der Waals surface area contributed by atoms with E-state index in [4.69, 9.17) is 9.47 Å². The lowest BCUT2D eigenvalue weighted by Gasteiger charge is -2.15. The molecular weight excluding hydrogens is 1050 g/mol. The normalized spacial score (nSPS) is 13.9. The molecule has 0 fully saturated rings. The van der Waals surface area contributed by atoms with Crippen molar-refractivity contribution >= 4 is 11.9 Å². The van der Waals surface area contributed by atoms with E-state index in [1.54, 1.807) is 0 Å². The van der Waals surface area contributed by atoms with Gasteiger partial charge in [0.05, 0.1) is 6.61 Å². The van der Waals surface area contributed by atoms with E-state index in [2.05, 4.69) is 269 Å². The first-order chi connectivity index (χ1) is 42.6. The van der Waals surface area contributed by atoms with Gasteiger partial charge in [0, 0.05) is 12.8 Å². The van der Waals surface area contributed by atoms with Crippen LogP contribution in [0.4, 0.5) is 0 Å². The lowest BCUT2D eigenvalue weighted by Crippen LogP contribution is -2.28. The molecule has 0 bridgehead atoms. The third-order valence-corrected chi connectivity index (χ3v) is 12.8. The number of rotatable bonds is 57. The minimum absolute atomic E-state index is 0.113. The first-order valence-corrected chi connectivity index (χ1v) is 33.2. The van der Waals surface area contributed by atoms with Gasteiger partial charge in [0.25, 0.3) is 0 Å². The van der Waals surface area contributed by atoms with E-state index in [-0.39, 0.29) is 31.6 Å². The number of aliphatic hydroxyl groups excluding tert-OH is 1. The zero-order valence-corrected chi connectivity index (χ0v) is 53.9. The average Bonchev–Trinajstić information content (AvgIpc) is 3.55. The molecule has 0 saturated heterocycles. The lowest BCUT2D eigenvalue weighted by atomic mass is 10.1. The maximum Gasteiger partial charge on any atom is 0.306 e. The molecule has 86 heavy (non-hydrogen) atoms. The lowest BCUT2D eigenvalue weighted by molar-refractivity contribution is -0.161. The minimum Gasteiger partial charge on any atom is -0.462 e. The molecule has 0 saturated carbocycles. The van der Waals surface area contributed by atoms with E-state index < -0.39 is 6.10 Å². The fourth-order valence-corrected chi connectivity index (χ4v) is 7.94. The fraction of sp³-hybridized carbons (Fsp3) is 0.457. The topological polar surface area (TPSA) is 72.8 Å². The molecule has 1 N–H and O–H groups in total. The number of aliphatic hydroxyl groups is 1. The Morgan fingerprint density at radius 2 is 0.465 bits per heavy atom. The SMILES string of the molecule is CC/C=C\C/C=C\C/C=C\C/C=C\C/C=C\C/C=C\C/C=C\C/C=C\C/C=C\C/C=C\C/C=C\C/C=C\CCCCC(=O)OC(CO)COC(=O)CCCCCCC/C=C\C/C=C\C/C=C\C/C=C\C/C=C\C/C=C\C/C=C\C/C=C\C/C=C\CC. The largest absolute Gasteiger partial charge is 0.462 e. The standard InChI is InChI=1S/C81H118O5/c1-3-5-7-9-11-13-15-17-19-21-23-25-27-29-31-33-35-37-38-39-40-41-42-44-46-48-50-52-54-56-58-60-62-64-66-68-70-72-74-76-81(84)86-79(77-82)78-85-80(83)75-73-71-69-67-65-63-61-59-57-55-53-51-49-47-45-43-36-34-32-30-28-26-24-22-20-18-16-14-12-10-8-6-4-2/h5-8,11-14,17-20,23-26,29-32,35-37,39-40,42-44,47-50,53-56,59-62,66,68,79,82H,3-4,9-10,15-16,21-22,27-28,33-34,38,41,45-46,51-52,57-58,63-65,67,69-78H2,1-2H3/b7-5-,8-6-,13-11-,14-12-,19-17-,20-18-,25-23-,26-24-,31-29-,32-30-,37-35-,40-39-,43-36-,44-42-,49-47-,50-48-,55-53-,56-54-,61-59-,62-60-,68-66-. The number of carbonyl (C=O) groups is 2. The summed E-state index contributed by atoms with van der Waals surface area (Å²) in [6, 6.07) is 0. The third-order valence-electron chi connectivity index (χ3n) is 12.8. The zero-order valence-electron chi connectivity index (χ0n) is 53.9. The van der Waals surface area contributed by atoms with Gasteiger partial charge in [-0.1, -0.05) is 288 Å². The highest BCUT2D eigenvalue weighted by molar-refractivity contribution is 5.70. The van der Waals surface area contributed by atoms with Crippen molar-refractivity contribution in [3.8, 4) is 0 Å². The van der Waals surface area contributed by atoms with E-state index in [9.17, 15) is 14.7 Å². The van der Waals surface area contributed by atoms with Crippen LogP contribution >= 0.6 is 0 Å². The molecule has 0 heterocycles. The van der Waals surface area contributed by atoms with Crippen LogP contribution in [0, 0.1) is 0 Å². The van der Waals surface area contributed by atoms with Gasteiger partial charge in [-0.2, -0.15) is 0 Å². The van der Waals surface area contributed by atoms with Gasteiger partial charge < -0.3 is 14.6 Å². The summed E-state index contributed by atoms with van der Waals surface area (Å²) >= 11 is 0. The van der Waals surface area contributed by atoms with Gasteiger partial charge in [-0.25, -0.2) is 0 Å².